The van der Waals surface area contributed by atoms with E-state index in [1.54, 1.807) is 29.2 Å². The van der Waals surface area contributed by atoms with Gasteiger partial charge >= 0.3 is 5.97 Å². The molecule has 19 heavy (non-hydrogen) atoms. The first-order valence-corrected chi connectivity index (χ1v) is 6.68. The maximum atomic E-state index is 12.3. The van der Waals surface area contributed by atoms with Crippen molar-refractivity contribution >= 4 is 27.8 Å². The van der Waals surface area contributed by atoms with Crippen molar-refractivity contribution in [2.75, 3.05) is 20.2 Å². The van der Waals surface area contributed by atoms with Gasteiger partial charge in [-0.05, 0) is 30.7 Å². The zero-order valence-corrected chi connectivity index (χ0v) is 12.1. The number of hydrogen-bond acceptors (Lipinski definition) is 4. The molecule has 1 atom stereocenters. The third kappa shape index (κ3) is 2.79. The summed E-state index contributed by atoms with van der Waals surface area (Å²) >= 11 is 3.32. The van der Waals surface area contributed by atoms with Gasteiger partial charge in [0.25, 0.3) is 5.91 Å². The molecular formula is C13H15BrN2O3. The van der Waals surface area contributed by atoms with Crippen molar-refractivity contribution in [3.05, 3.63) is 34.3 Å². The van der Waals surface area contributed by atoms with E-state index in [0.717, 1.165) is 4.47 Å². The number of rotatable bonds is 2. The zero-order chi connectivity index (χ0) is 14.0. The number of benzene rings is 1. The Hall–Kier alpha value is -1.40. The van der Waals surface area contributed by atoms with Gasteiger partial charge in [-0.25, -0.2) is 4.79 Å². The summed E-state index contributed by atoms with van der Waals surface area (Å²) in [6.07, 6.45) is 0.419. The second-order valence-electron chi connectivity index (χ2n) is 4.63. The van der Waals surface area contributed by atoms with Crippen LogP contribution in [0.2, 0.25) is 0 Å². The molecule has 2 rings (SSSR count). The van der Waals surface area contributed by atoms with E-state index in [4.69, 9.17) is 5.73 Å². The number of carbonyl (C=O) groups is 2. The number of methoxy groups -OCH3 is 1. The van der Waals surface area contributed by atoms with E-state index < -0.39 is 11.5 Å². The summed E-state index contributed by atoms with van der Waals surface area (Å²) in [6.45, 7) is 0.648. The first-order valence-electron chi connectivity index (χ1n) is 5.88. The average Bonchev–Trinajstić information content (AvgIpc) is 2.82. The molecule has 1 fully saturated rings. The number of carbonyl (C=O) groups excluding carboxylic acids is 2. The Kier molecular flexibility index (Phi) is 3.91. The molecule has 0 spiro atoms. The molecule has 5 nitrogen and oxygen atoms in total. The fraction of sp³-hybridized carbons (Fsp3) is 0.385. The van der Waals surface area contributed by atoms with E-state index in [-0.39, 0.29) is 12.5 Å². The first kappa shape index (κ1) is 14.0. The zero-order valence-electron chi connectivity index (χ0n) is 10.6. The fourth-order valence-corrected chi connectivity index (χ4v) is 2.42. The van der Waals surface area contributed by atoms with Crippen LogP contribution in [0.25, 0.3) is 0 Å². The molecule has 1 aromatic carbocycles. The van der Waals surface area contributed by atoms with E-state index >= 15 is 0 Å². The van der Waals surface area contributed by atoms with E-state index in [2.05, 4.69) is 20.7 Å². The number of likely N-dealkylation sites (tertiary alicyclic amines) is 1. The van der Waals surface area contributed by atoms with Crippen LogP contribution in [0.5, 0.6) is 0 Å². The molecule has 1 amide bonds. The smallest absolute Gasteiger partial charge is 0.327 e. The van der Waals surface area contributed by atoms with Crippen molar-refractivity contribution in [2.24, 2.45) is 5.73 Å². The molecule has 0 saturated carbocycles. The van der Waals surface area contributed by atoms with Crippen molar-refractivity contribution in [1.82, 2.24) is 4.90 Å². The number of halogens is 1. The first-order chi connectivity index (χ1) is 8.96. The molecule has 0 bridgehead atoms. The van der Waals surface area contributed by atoms with Gasteiger partial charge in [0.05, 0.1) is 7.11 Å². The Balaban J connectivity index is 2.11. The van der Waals surface area contributed by atoms with Gasteiger partial charge in [-0.2, -0.15) is 0 Å². The maximum absolute atomic E-state index is 12.3. The van der Waals surface area contributed by atoms with Crippen LogP contribution in [0.3, 0.4) is 0 Å². The summed E-state index contributed by atoms with van der Waals surface area (Å²) in [5.74, 6) is -0.595. The van der Waals surface area contributed by atoms with Gasteiger partial charge in [-0.15, -0.1) is 0 Å². The molecule has 1 heterocycles. The van der Waals surface area contributed by atoms with Crippen LogP contribution in [0.4, 0.5) is 0 Å². The highest BCUT2D eigenvalue weighted by Crippen LogP contribution is 2.22. The summed E-state index contributed by atoms with van der Waals surface area (Å²) in [5, 5.41) is 0. The molecule has 1 aliphatic heterocycles. The third-order valence-electron chi connectivity index (χ3n) is 3.27. The van der Waals surface area contributed by atoms with Crippen molar-refractivity contribution in [2.45, 2.75) is 12.0 Å². The Morgan fingerprint density at radius 1 is 1.37 bits per heavy atom. The maximum Gasteiger partial charge on any atom is 0.327 e. The van der Waals surface area contributed by atoms with Gasteiger partial charge in [0.15, 0.2) is 0 Å². The number of hydrogen-bond donors (Lipinski definition) is 1. The predicted molar refractivity (Wildman–Crippen MR) is 73.6 cm³/mol. The lowest BCUT2D eigenvalue weighted by Crippen LogP contribution is -2.51. The largest absolute Gasteiger partial charge is 0.468 e. The monoisotopic (exact) mass is 326 g/mol. The van der Waals surface area contributed by atoms with Gasteiger partial charge in [0, 0.05) is 23.1 Å². The van der Waals surface area contributed by atoms with E-state index in [9.17, 15) is 9.59 Å². The van der Waals surface area contributed by atoms with Gasteiger partial charge in [0.1, 0.15) is 5.54 Å². The summed E-state index contributed by atoms with van der Waals surface area (Å²) in [4.78, 5) is 25.4. The van der Waals surface area contributed by atoms with Gasteiger partial charge in [-0.3, -0.25) is 4.79 Å². The van der Waals surface area contributed by atoms with Gasteiger partial charge in [0.2, 0.25) is 0 Å². The molecule has 0 aromatic heterocycles. The van der Waals surface area contributed by atoms with Crippen LogP contribution >= 0.6 is 15.9 Å². The standard InChI is InChI=1S/C13H15BrN2O3/c1-19-12(18)13(15)6-7-16(8-13)11(17)9-2-4-10(14)5-3-9/h2-5H,6-8,15H2,1H3. The molecule has 0 aliphatic carbocycles. The van der Waals surface area contributed by atoms with Crippen molar-refractivity contribution < 1.29 is 14.3 Å². The Morgan fingerprint density at radius 3 is 2.58 bits per heavy atom. The Morgan fingerprint density at radius 2 is 2.00 bits per heavy atom. The molecule has 1 saturated heterocycles. The van der Waals surface area contributed by atoms with Gasteiger partial charge in [-0.1, -0.05) is 15.9 Å². The lowest BCUT2D eigenvalue weighted by molar-refractivity contribution is -0.146. The molecule has 0 radical (unpaired) electrons. The van der Waals surface area contributed by atoms with Crippen LogP contribution in [0.15, 0.2) is 28.7 Å². The summed E-state index contributed by atoms with van der Waals surface area (Å²) in [6, 6.07) is 7.08. The SMILES string of the molecule is COC(=O)C1(N)CCN(C(=O)c2ccc(Br)cc2)C1. The van der Waals surface area contributed by atoms with Crippen LogP contribution < -0.4 is 5.73 Å². The summed E-state index contributed by atoms with van der Waals surface area (Å²) < 4.78 is 5.59. The van der Waals surface area contributed by atoms with Gasteiger partial charge < -0.3 is 15.4 Å². The minimum atomic E-state index is -1.08. The molecule has 1 unspecified atom stereocenters. The van der Waals surface area contributed by atoms with Crippen LogP contribution in [-0.2, 0) is 9.53 Å². The van der Waals surface area contributed by atoms with Crippen molar-refractivity contribution in [3.8, 4) is 0 Å². The highest BCUT2D eigenvalue weighted by molar-refractivity contribution is 9.10. The lowest BCUT2D eigenvalue weighted by atomic mass is 10.0. The number of ether oxygens (including phenoxy) is 1. The second-order valence-corrected chi connectivity index (χ2v) is 5.55. The second kappa shape index (κ2) is 5.30. The Bertz CT molecular complexity index is 503. The molecule has 6 heteroatoms. The number of nitrogens with zero attached hydrogens (tertiary/aromatic N) is 1. The predicted octanol–water partition coefficient (Wildman–Crippen LogP) is 1.17. The number of esters is 1. The van der Waals surface area contributed by atoms with Crippen LogP contribution in [0, 0.1) is 0 Å². The molecular weight excluding hydrogens is 312 g/mol. The lowest BCUT2D eigenvalue weighted by Gasteiger charge is -2.21. The van der Waals surface area contributed by atoms with Crippen LogP contribution in [0.1, 0.15) is 16.8 Å². The Labute approximate surface area is 119 Å². The normalized spacial score (nSPS) is 22.4. The van der Waals surface area contributed by atoms with E-state index in [0.29, 0.717) is 18.5 Å². The number of amides is 1. The topological polar surface area (TPSA) is 72.6 Å². The third-order valence-corrected chi connectivity index (χ3v) is 3.80. The summed E-state index contributed by atoms with van der Waals surface area (Å²) in [7, 11) is 1.30. The molecule has 1 aliphatic rings. The highest BCUT2D eigenvalue weighted by atomic mass is 79.9. The summed E-state index contributed by atoms with van der Waals surface area (Å²) in [5.41, 5.74) is 5.46. The van der Waals surface area contributed by atoms with Crippen LogP contribution in [-0.4, -0.2) is 42.5 Å². The van der Waals surface area contributed by atoms with E-state index in [1.165, 1.54) is 7.11 Å². The minimum Gasteiger partial charge on any atom is -0.468 e. The molecule has 2 N–H and O–H groups in total. The van der Waals surface area contributed by atoms with E-state index in [1.807, 2.05) is 0 Å². The highest BCUT2D eigenvalue weighted by Gasteiger charge is 2.43. The fourth-order valence-electron chi connectivity index (χ4n) is 2.15. The number of nitrogens with two attached hydrogens (primary N) is 1. The van der Waals surface area contributed by atoms with Crippen molar-refractivity contribution in [3.63, 3.8) is 0 Å². The van der Waals surface area contributed by atoms with Crippen molar-refractivity contribution in [1.29, 1.82) is 0 Å². The molecule has 102 valence electrons. The molecule has 1 aromatic rings. The quantitative estimate of drug-likeness (QED) is 0.828. The minimum absolute atomic E-state index is 0.122. The average molecular weight is 327 g/mol.